The lowest BCUT2D eigenvalue weighted by Gasteiger charge is -2.25. The summed E-state index contributed by atoms with van der Waals surface area (Å²) in [4.78, 5) is 0. The molecule has 0 saturated carbocycles. The SMILES string of the molecule is CC(C)(CCCl)CNc1ccccc1C(F)(F)F. The fourth-order valence-corrected chi connectivity index (χ4v) is 2.07. The van der Waals surface area contributed by atoms with Crippen LogP contribution < -0.4 is 5.32 Å². The van der Waals surface area contributed by atoms with Gasteiger partial charge < -0.3 is 5.32 Å². The predicted octanol–water partition coefficient (Wildman–Crippen LogP) is 4.77. The van der Waals surface area contributed by atoms with Crippen molar-refractivity contribution < 1.29 is 13.2 Å². The number of alkyl halides is 4. The summed E-state index contributed by atoms with van der Waals surface area (Å²) < 4.78 is 38.3. The van der Waals surface area contributed by atoms with E-state index < -0.39 is 11.7 Å². The van der Waals surface area contributed by atoms with Crippen LogP contribution in [0.3, 0.4) is 0 Å². The Labute approximate surface area is 110 Å². The number of para-hydroxylation sites is 1. The molecule has 0 aliphatic heterocycles. The first-order valence-corrected chi connectivity index (χ1v) is 6.26. The molecule has 0 unspecified atom stereocenters. The molecule has 5 heteroatoms. The fourth-order valence-electron chi connectivity index (χ4n) is 1.56. The van der Waals surface area contributed by atoms with E-state index in [1.54, 1.807) is 6.07 Å². The van der Waals surface area contributed by atoms with Crippen molar-refractivity contribution in [2.45, 2.75) is 26.4 Å². The Morgan fingerprint density at radius 2 is 1.78 bits per heavy atom. The third-order valence-corrected chi connectivity index (χ3v) is 2.95. The molecule has 18 heavy (non-hydrogen) atoms. The highest BCUT2D eigenvalue weighted by molar-refractivity contribution is 6.17. The van der Waals surface area contributed by atoms with E-state index >= 15 is 0 Å². The molecule has 1 aromatic rings. The normalized spacial score (nSPS) is 12.6. The van der Waals surface area contributed by atoms with Gasteiger partial charge in [-0.3, -0.25) is 0 Å². The molecule has 0 aliphatic rings. The molecule has 0 spiro atoms. The molecule has 1 aromatic carbocycles. The summed E-state index contributed by atoms with van der Waals surface area (Å²) in [6, 6.07) is 5.50. The number of halogens is 4. The van der Waals surface area contributed by atoms with Gasteiger partial charge in [0.05, 0.1) is 5.56 Å². The number of hydrogen-bond donors (Lipinski definition) is 1. The summed E-state index contributed by atoms with van der Waals surface area (Å²) in [5.74, 6) is 0.496. The highest BCUT2D eigenvalue weighted by Crippen LogP contribution is 2.35. The van der Waals surface area contributed by atoms with Gasteiger partial charge in [0.25, 0.3) is 0 Å². The first kappa shape index (κ1) is 15.2. The molecule has 1 N–H and O–H groups in total. The Kier molecular flexibility index (Phi) is 4.91. The van der Waals surface area contributed by atoms with Crippen molar-refractivity contribution >= 4 is 17.3 Å². The van der Waals surface area contributed by atoms with E-state index in [1.165, 1.54) is 12.1 Å². The summed E-state index contributed by atoms with van der Waals surface area (Å²) in [5, 5.41) is 2.87. The fraction of sp³-hybridized carbons (Fsp3) is 0.538. The van der Waals surface area contributed by atoms with Crippen molar-refractivity contribution in [2.24, 2.45) is 5.41 Å². The van der Waals surface area contributed by atoms with E-state index in [-0.39, 0.29) is 11.1 Å². The monoisotopic (exact) mass is 279 g/mol. The van der Waals surface area contributed by atoms with Crippen molar-refractivity contribution in [1.29, 1.82) is 0 Å². The van der Waals surface area contributed by atoms with Crippen LogP contribution in [0.1, 0.15) is 25.8 Å². The second kappa shape index (κ2) is 5.83. The summed E-state index contributed by atoms with van der Waals surface area (Å²) >= 11 is 5.66. The largest absolute Gasteiger partial charge is 0.418 e. The van der Waals surface area contributed by atoms with Crippen molar-refractivity contribution in [3.05, 3.63) is 29.8 Å². The number of nitrogens with one attached hydrogen (secondary N) is 1. The minimum Gasteiger partial charge on any atom is -0.384 e. The number of benzene rings is 1. The Balaban J connectivity index is 2.80. The van der Waals surface area contributed by atoms with E-state index in [1.807, 2.05) is 13.8 Å². The van der Waals surface area contributed by atoms with Gasteiger partial charge in [0.1, 0.15) is 0 Å². The predicted molar refractivity (Wildman–Crippen MR) is 69.1 cm³/mol. The van der Waals surface area contributed by atoms with Gasteiger partial charge >= 0.3 is 6.18 Å². The maximum Gasteiger partial charge on any atom is 0.418 e. The molecule has 0 aliphatic carbocycles. The Morgan fingerprint density at radius 3 is 2.33 bits per heavy atom. The molecule has 102 valence electrons. The van der Waals surface area contributed by atoms with Gasteiger partial charge in [-0.25, -0.2) is 0 Å². The maximum atomic E-state index is 12.8. The third-order valence-electron chi connectivity index (χ3n) is 2.76. The molecule has 0 atom stereocenters. The first-order valence-electron chi connectivity index (χ1n) is 5.72. The molecule has 0 aromatic heterocycles. The van der Waals surface area contributed by atoms with E-state index in [0.717, 1.165) is 12.5 Å². The molecule has 1 nitrogen and oxygen atoms in total. The van der Waals surface area contributed by atoms with E-state index in [9.17, 15) is 13.2 Å². The average molecular weight is 280 g/mol. The van der Waals surface area contributed by atoms with E-state index in [4.69, 9.17) is 11.6 Å². The van der Waals surface area contributed by atoms with Crippen LogP contribution in [0, 0.1) is 5.41 Å². The topological polar surface area (TPSA) is 12.0 Å². The molecule has 1 rings (SSSR count). The standard InChI is InChI=1S/C13H17ClF3N/c1-12(2,7-8-14)9-18-11-6-4-3-5-10(11)13(15,16)17/h3-6,18H,7-9H2,1-2H3. The number of anilines is 1. The summed E-state index contributed by atoms with van der Waals surface area (Å²) in [6.45, 7) is 4.39. The molecule has 0 saturated heterocycles. The van der Waals surface area contributed by atoms with Gasteiger partial charge in [0.2, 0.25) is 0 Å². The lowest BCUT2D eigenvalue weighted by atomic mass is 9.90. The van der Waals surface area contributed by atoms with Crippen molar-refractivity contribution in [3.8, 4) is 0 Å². The van der Waals surface area contributed by atoms with Gasteiger partial charge in [-0.1, -0.05) is 26.0 Å². The van der Waals surface area contributed by atoms with Crippen LogP contribution in [-0.2, 0) is 6.18 Å². The van der Waals surface area contributed by atoms with Gasteiger partial charge in [-0.05, 0) is 24.0 Å². The second-order valence-corrected chi connectivity index (χ2v) is 5.38. The molecular formula is C13H17ClF3N. The van der Waals surface area contributed by atoms with Gasteiger partial charge in [0, 0.05) is 18.1 Å². The van der Waals surface area contributed by atoms with Crippen molar-refractivity contribution in [1.82, 2.24) is 0 Å². The molecule has 0 heterocycles. The van der Waals surface area contributed by atoms with Crippen LogP contribution in [0.15, 0.2) is 24.3 Å². The first-order chi connectivity index (χ1) is 8.26. The number of hydrogen-bond acceptors (Lipinski definition) is 1. The van der Waals surface area contributed by atoms with Crippen molar-refractivity contribution in [3.63, 3.8) is 0 Å². The van der Waals surface area contributed by atoms with Crippen LogP contribution in [0.25, 0.3) is 0 Å². The zero-order chi connectivity index (χ0) is 13.8. The summed E-state index contributed by atoms with van der Waals surface area (Å²) in [6.07, 6.45) is -3.59. The van der Waals surface area contributed by atoms with Gasteiger partial charge in [0.15, 0.2) is 0 Å². The smallest absolute Gasteiger partial charge is 0.384 e. The molecule has 0 bridgehead atoms. The average Bonchev–Trinajstić information content (AvgIpc) is 2.26. The Hall–Kier alpha value is -0.900. The highest BCUT2D eigenvalue weighted by atomic mass is 35.5. The number of rotatable bonds is 5. The molecule has 0 radical (unpaired) electrons. The van der Waals surface area contributed by atoms with E-state index in [2.05, 4.69) is 5.32 Å². The van der Waals surface area contributed by atoms with Crippen molar-refractivity contribution in [2.75, 3.05) is 17.7 Å². The molecular weight excluding hydrogens is 263 g/mol. The van der Waals surface area contributed by atoms with Crippen LogP contribution in [0.2, 0.25) is 0 Å². The van der Waals surface area contributed by atoms with Crippen LogP contribution in [0.5, 0.6) is 0 Å². The third kappa shape index (κ3) is 4.41. The van der Waals surface area contributed by atoms with Gasteiger partial charge in [-0.2, -0.15) is 13.2 Å². The summed E-state index contributed by atoms with van der Waals surface area (Å²) in [5.41, 5.74) is -0.653. The summed E-state index contributed by atoms with van der Waals surface area (Å²) in [7, 11) is 0. The highest BCUT2D eigenvalue weighted by Gasteiger charge is 2.33. The zero-order valence-electron chi connectivity index (χ0n) is 10.4. The lowest BCUT2D eigenvalue weighted by Crippen LogP contribution is -2.24. The quantitative estimate of drug-likeness (QED) is 0.766. The second-order valence-electron chi connectivity index (χ2n) is 5.00. The van der Waals surface area contributed by atoms with E-state index in [0.29, 0.717) is 12.4 Å². The van der Waals surface area contributed by atoms with Crippen LogP contribution >= 0.6 is 11.6 Å². The minimum absolute atomic E-state index is 0.118. The van der Waals surface area contributed by atoms with Gasteiger partial charge in [-0.15, -0.1) is 11.6 Å². The zero-order valence-corrected chi connectivity index (χ0v) is 11.2. The maximum absolute atomic E-state index is 12.8. The van der Waals surface area contributed by atoms with Crippen LogP contribution in [0.4, 0.5) is 18.9 Å². The minimum atomic E-state index is -4.33. The van der Waals surface area contributed by atoms with Crippen LogP contribution in [-0.4, -0.2) is 12.4 Å². The lowest BCUT2D eigenvalue weighted by molar-refractivity contribution is -0.137. The Bertz CT molecular complexity index is 388. The molecule has 0 fully saturated rings. The molecule has 0 amide bonds. The Morgan fingerprint density at radius 1 is 1.17 bits per heavy atom.